The number of methoxy groups -OCH3 is 2. The van der Waals surface area contributed by atoms with Crippen molar-refractivity contribution in [3.05, 3.63) is 59.0 Å². The fraction of sp³-hybridized carbons (Fsp3) is 0.263. The molecule has 0 bridgehead atoms. The molecule has 3 aromatic rings. The predicted molar refractivity (Wildman–Crippen MR) is 91.4 cm³/mol. The smallest absolute Gasteiger partial charge is 0.124 e. The first-order valence-electron chi connectivity index (χ1n) is 7.96. The van der Waals surface area contributed by atoms with Crippen molar-refractivity contribution in [3.8, 4) is 11.5 Å². The molecule has 2 aromatic carbocycles. The molecule has 24 heavy (non-hydrogen) atoms. The predicted octanol–water partition coefficient (Wildman–Crippen LogP) is 3.56. The highest BCUT2D eigenvalue weighted by molar-refractivity contribution is 5.86. The Labute approximate surface area is 139 Å². The maximum atomic E-state index is 13.8. The number of benzene rings is 2. The van der Waals surface area contributed by atoms with Crippen molar-refractivity contribution in [2.45, 2.75) is 12.5 Å². The van der Waals surface area contributed by atoms with Gasteiger partial charge >= 0.3 is 0 Å². The van der Waals surface area contributed by atoms with E-state index in [1.165, 1.54) is 17.7 Å². The number of hydrogen-bond acceptors (Lipinski definition) is 3. The first-order chi connectivity index (χ1) is 11.7. The Hall–Kier alpha value is -2.53. The number of halogens is 1. The van der Waals surface area contributed by atoms with Crippen LogP contribution in [0.5, 0.6) is 11.5 Å². The van der Waals surface area contributed by atoms with E-state index in [2.05, 4.69) is 16.4 Å². The van der Waals surface area contributed by atoms with Gasteiger partial charge in [0.2, 0.25) is 0 Å². The third-order valence-corrected chi connectivity index (χ3v) is 4.66. The summed E-state index contributed by atoms with van der Waals surface area (Å²) >= 11 is 0. The van der Waals surface area contributed by atoms with Gasteiger partial charge in [0, 0.05) is 28.7 Å². The lowest BCUT2D eigenvalue weighted by Crippen LogP contribution is -2.30. The molecule has 1 aromatic heterocycles. The Balaban J connectivity index is 1.89. The van der Waals surface area contributed by atoms with Crippen molar-refractivity contribution in [2.24, 2.45) is 0 Å². The molecule has 0 saturated carbocycles. The summed E-state index contributed by atoms with van der Waals surface area (Å²) in [6, 6.07) is 10.5. The summed E-state index contributed by atoms with van der Waals surface area (Å²) in [5.41, 5.74) is 4.18. The summed E-state index contributed by atoms with van der Waals surface area (Å²) in [6.45, 7) is 0.821. The Kier molecular flexibility index (Phi) is 3.65. The molecule has 0 amide bonds. The maximum Gasteiger partial charge on any atom is 0.124 e. The molecule has 0 fully saturated rings. The molecule has 1 aliphatic rings. The Morgan fingerprint density at radius 1 is 1.08 bits per heavy atom. The molecular weight excluding hydrogens is 307 g/mol. The van der Waals surface area contributed by atoms with Crippen LogP contribution in [0, 0.1) is 5.82 Å². The van der Waals surface area contributed by atoms with Gasteiger partial charge in [-0.15, -0.1) is 0 Å². The van der Waals surface area contributed by atoms with Gasteiger partial charge in [0.1, 0.15) is 17.3 Å². The lowest BCUT2D eigenvalue weighted by Gasteiger charge is -2.26. The minimum absolute atomic E-state index is 0.127. The SMILES string of the molecule is COc1ccc2[nH]c3c(c2c1)CCNC3c1cc(F)ccc1OC. The van der Waals surface area contributed by atoms with Crippen LogP contribution in [0.15, 0.2) is 36.4 Å². The number of hydrogen-bond donors (Lipinski definition) is 2. The minimum atomic E-state index is -0.266. The van der Waals surface area contributed by atoms with Crippen LogP contribution < -0.4 is 14.8 Å². The van der Waals surface area contributed by atoms with Crippen molar-refractivity contribution in [3.63, 3.8) is 0 Å². The van der Waals surface area contributed by atoms with E-state index in [0.717, 1.165) is 40.9 Å². The van der Waals surface area contributed by atoms with Gasteiger partial charge in [0.25, 0.3) is 0 Å². The van der Waals surface area contributed by atoms with Crippen LogP contribution in [0.1, 0.15) is 22.9 Å². The summed E-state index contributed by atoms with van der Waals surface area (Å²) < 4.78 is 24.6. The van der Waals surface area contributed by atoms with Crippen molar-refractivity contribution in [1.82, 2.24) is 10.3 Å². The molecule has 0 saturated heterocycles. The number of nitrogens with one attached hydrogen (secondary N) is 2. The quantitative estimate of drug-likeness (QED) is 0.774. The normalized spacial score (nSPS) is 16.9. The van der Waals surface area contributed by atoms with E-state index in [9.17, 15) is 4.39 Å². The van der Waals surface area contributed by atoms with E-state index in [-0.39, 0.29) is 11.9 Å². The van der Waals surface area contributed by atoms with Crippen LogP contribution in [-0.2, 0) is 6.42 Å². The monoisotopic (exact) mass is 326 g/mol. The number of ether oxygens (including phenoxy) is 2. The van der Waals surface area contributed by atoms with Crippen LogP contribution in [-0.4, -0.2) is 25.7 Å². The molecule has 0 aliphatic carbocycles. The van der Waals surface area contributed by atoms with E-state index >= 15 is 0 Å². The van der Waals surface area contributed by atoms with E-state index < -0.39 is 0 Å². The minimum Gasteiger partial charge on any atom is -0.497 e. The molecule has 5 heteroatoms. The highest BCUT2D eigenvalue weighted by Crippen LogP contribution is 2.38. The zero-order chi connectivity index (χ0) is 16.7. The van der Waals surface area contributed by atoms with Crippen LogP contribution in [0.4, 0.5) is 4.39 Å². The van der Waals surface area contributed by atoms with Gasteiger partial charge in [-0.3, -0.25) is 0 Å². The highest BCUT2D eigenvalue weighted by atomic mass is 19.1. The molecule has 4 rings (SSSR count). The van der Waals surface area contributed by atoms with Crippen LogP contribution in [0.2, 0.25) is 0 Å². The lowest BCUT2D eigenvalue weighted by molar-refractivity contribution is 0.400. The van der Waals surface area contributed by atoms with E-state index in [1.54, 1.807) is 20.3 Å². The third kappa shape index (κ3) is 2.32. The molecule has 0 spiro atoms. The highest BCUT2D eigenvalue weighted by Gasteiger charge is 2.27. The van der Waals surface area contributed by atoms with Crippen LogP contribution in [0.3, 0.4) is 0 Å². The van der Waals surface area contributed by atoms with Crippen LogP contribution >= 0.6 is 0 Å². The molecule has 1 unspecified atom stereocenters. The largest absolute Gasteiger partial charge is 0.497 e. The molecule has 1 aliphatic heterocycles. The molecule has 4 nitrogen and oxygen atoms in total. The van der Waals surface area contributed by atoms with Gasteiger partial charge in [-0.1, -0.05) is 0 Å². The number of aromatic amines is 1. The van der Waals surface area contributed by atoms with Crippen LogP contribution in [0.25, 0.3) is 10.9 Å². The Morgan fingerprint density at radius 2 is 1.96 bits per heavy atom. The lowest BCUT2D eigenvalue weighted by atomic mass is 9.93. The fourth-order valence-electron chi connectivity index (χ4n) is 3.53. The fourth-order valence-corrected chi connectivity index (χ4v) is 3.53. The van der Waals surface area contributed by atoms with Gasteiger partial charge in [0.05, 0.1) is 20.3 Å². The zero-order valence-electron chi connectivity index (χ0n) is 13.7. The standard InChI is InChI=1S/C19H19FN2O2/c1-23-12-4-5-16-14(10-12)13-7-8-21-18(19(13)22-16)15-9-11(20)3-6-17(15)24-2/h3-6,9-10,18,21-22H,7-8H2,1-2H3. The summed E-state index contributed by atoms with van der Waals surface area (Å²) in [7, 11) is 3.28. The second-order valence-corrected chi connectivity index (χ2v) is 5.95. The van der Waals surface area contributed by atoms with Gasteiger partial charge in [-0.05, 0) is 48.4 Å². The van der Waals surface area contributed by atoms with Gasteiger partial charge in [0.15, 0.2) is 0 Å². The van der Waals surface area contributed by atoms with Crippen molar-refractivity contribution in [1.29, 1.82) is 0 Å². The van der Waals surface area contributed by atoms with E-state index in [4.69, 9.17) is 9.47 Å². The molecule has 2 N–H and O–H groups in total. The number of fused-ring (bicyclic) bond motifs is 3. The summed E-state index contributed by atoms with van der Waals surface area (Å²) in [6.07, 6.45) is 0.913. The number of aromatic nitrogens is 1. The average molecular weight is 326 g/mol. The van der Waals surface area contributed by atoms with Gasteiger partial charge in [-0.25, -0.2) is 4.39 Å². The Bertz CT molecular complexity index is 904. The van der Waals surface area contributed by atoms with Crippen molar-refractivity contribution in [2.75, 3.05) is 20.8 Å². The summed E-state index contributed by atoms with van der Waals surface area (Å²) in [5.74, 6) is 1.25. The second-order valence-electron chi connectivity index (χ2n) is 5.95. The summed E-state index contributed by atoms with van der Waals surface area (Å²) in [4.78, 5) is 3.49. The maximum absolute atomic E-state index is 13.8. The first kappa shape index (κ1) is 15.0. The summed E-state index contributed by atoms with van der Waals surface area (Å²) in [5, 5.41) is 4.63. The number of H-pyrrole nitrogens is 1. The van der Waals surface area contributed by atoms with E-state index in [1.807, 2.05) is 12.1 Å². The Morgan fingerprint density at radius 3 is 2.75 bits per heavy atom. The van der Waals surface area contributed by atoms with Crippen molar-refractivity contribution >= 4 is 10.9 Å². The second kappa shape index (κ2) is 5.83. The van der Waals surface area contributed by atoms with Crippen molar-refractivity contribution < 1.29 is 13.9 Å². The van der Waals surface area contributed by atoms with Gasteiger partial charge in [-0.2, -0.15) is 0 Å². The molecule has 0 radical (unpaired) electrons. The number of rotatable bonds is 3. The topological polar surface area (TPSA) is 46.3 Å². The average Bonchev–Trinajstić information content (AvgIpc) is 2.99. The van der Waals surface area contributed by atoms with Gasteiger partial charge < -0.3 is 19.8 Å². The molecule has 124 valence electrons. The first-order valence-corrected chi connectivity index (χ1v) is 7.96. The zero-order valence-corrected chi connectivity index (χ0v) is 13.7. The molecule has 2 heterocycles. The molecular formula is C19H19FN2O2. The van der Waals surface area contributed by atoms with E-state index in [0.29, 0.717) is 5.75 Å². The molecule has 1 atom stereocenters. The third-order valence-electron chi connectivity index (χ3n) is 4.66.